The van der Waals surface area contributed by atoms with Gasteiger partial charge in [-0.3, -0.25) is 0 Å². The van der Waals surface area contributed by atoms with Crippen molar-refractivity contribution in [2.24, 2.45) is 5.92 Å². The van der Waals surface area contributed by atoms with Crippen molar-refractivity contribution in [3.63, 3.8) is 0 Å². The summed E-state index contributed by atoms with van der Waals surface area (Å²) in [5.74, 6) is 1.44. The molecule has 23 heavy (non-hydrogen) atoms. The molecule has 2 aliphatic rings. The molecule has 0 N–H and O–H groups in total. The number of rotatable bonds is 3. The lowest BCUT2D eigenvalue weighted by Crippen LogP contribution is -2.44. The average molecular weight is 333 g/mol. The third-order valence-electron chi connectivity index (χ3n) is 4.76. The molecule has 0 amide bonds. The van der Waals surface area contributed by atoms with Crippen LogP contribution in [0.25, 0.3) is 11.4 Å². The molecule has 6 nitrogen and oxygen atoms in total. The van der Waals surface area contributed by atoms with Crippen molar-refractivity contribution in [3.8, 4) is 11.4 Å². The number of fused-ring (bicyclic) bond motifs is 2. The number of nitrogens with zero attached hydrogens (tertiary/aromatic N) is 3. The second-order valence-electron chi connectivity index (χ2n) is 6.54. The molecular weight excluding hydrogens is 314 g/mol. The summed E-state index contributed by atoms with van der Waals surface area (Å²) < 4.78 is 31.7. The van der Waals surface area contributed by atoms with E-state index in [1.807, 2.05) is 31.2 Å². The normalized spacial score (nSPS) is 26.5. The molecule has 7 heteroatoms. The zero-order valence-electron chi connectivity index (χ0n) is 13.0. The fraction of sp³-hybridized carbons (Fsp3) is 0.500. The van der Waals surface area contributed by atoms with E-state index >= 15 is 0 Å². The lowest BCUT2D eigenvalue weighted by Gasteiger charge is -2.31. The second-order valence-corrected chi connectivity index (χ2v) is 8.50. The number of aryl methyl sites for hydroxylation is 1. The third kappa shape index (κ3) is 2.79. The zero-order chi connectivity index (χ0) is 16.0. The van der Waals surface area contributed by atoms with E-state index in [9.17, 15) is 8.42 Å². The SMILES string of the molecule is Cc1cccc(-c2noc(CN3[C@@H]4CC[C@@H](C4)CS3(=O)=O)n2)c1. The van der Waals surface area contributed by atoms with E-state index in [-0.39, 0.29) is 18.3 Å². The Labute approximate surface area is 135 Å². The van der Waals surface area contributed by atoms with Crippen LogP contribution >= 0.6 is 0 Å². The van der Waals surface area contributed by atoms with Gasteiger partial charge in [-0.2, -0.15) is 9.29 Å². The van der Waals surface area contributed by atoms with Gasteiger partial charge in [0.15, 0.2) is 0 Å². The van der Waals surface area contributed by atoms with Crippen molar-refractivity contribution in [2.45, 2.75) is 38.8 Å². The lowest BCUT2D eigenvalue weighted by molar-refractivity contribution is 0.255. The highest BCUT2D eigenvalue weighted by Gasteiger charge is 2.43. The van der Waals surface area contributed by atoms with E-state index in [1.54, 1.807) is 4.31 Å². The largest absolute Gasteiger partial charge is 0.338 e. The summed E-state index contributed by atoms with van der Waals surface area (Å²) in [6, 6.07) is 7.93. The van der Waals surface area contributed by atoms with Gasteiger partial charge in [0.25, 0.3) is 0 Å². The molecule has 1 aliphatic heterocycles. The van der Waals surface area contributed by atoms with Crippen LogP contribution in [-0.2, 0) is 16.6 Å². The van der Waals surface area contributed by atoms with E-state index < -0.39 is 10.0 Å². The van der Waals surface area contributed by atoms with Crippen molar-refractivity contribution >= 4 is 10.0 Å². The third-order valence-corrected chi connectivity index (χ3v) is 6.79. The summed E-state index contributed by atoms with van der Waals surface area (Å²) in [7, 11) is -3.21. The number of sulfonamides is 1. The van der Waals surface area contributed by atoms with Gasteiger partial charge in [-0.25, -0.2) is 8.42 Å². The van der Waals surface area contributed by atoms with Gasteiger partial charge < -0.3 is 4.52 Å². The topological polar surface area (TPSA) is 76.3 Å². The number of aromatic nitrogens is 2. The summed E-state index contributed by atoms with van der Waals surface area (Å²) in [4.78, 5) is 4.38. The Hall–Kier alpha value is -1.73. The first-order chi connectivity index (χ1) is 11.0. The van der Waals surface area contributed by atoms with Crippen LogP contribution in [0.3, 0.4) is 0 Å². The first-order valence-electron chi connectivity index (χ1n) is 7.90. The molecule has 1 aliphatic carbocycles. The molecular formula is C16H19N3O3S. The van der Waals surface area contributed by atoms with Crippen LogP contribution in [0.5, 0.6) is 0 Å². The molecule has 4 rings (SSSR count). The first kappa shape index (κ1) is 14.8. The van der Waals surface area contributed by atoms with Gasteiger partial charge in [-0.05, 0) is 38.2 Å². The Bertz CT molecular complexity index is 831. The minimum Gasteiger partial charge on any atom is -0.338 e. The molecule has 0 unspecified atom stereocenters. The van der Waals surface area contributed by atoms with Crippen LogP contribution in [0.2, 0.25) is 0 Å². The van der Waals surface area contributed by atoms with Crippen molar-refractivity contribution in [1.29, 1.82) is 0 Å². The Balaban J connectivity index is 1.58. The molecule has 1 aromatic carbocycles. The molecule has 2 atom stereocenters. The molecule has 2 aromatic rings. The van der Waals surface area contributed by atoms with E-state index in [0.717, 1.165) is 30.4 Å². The van der Waals surface area contributed by atoms with E-state index in [1.165, 1.54) is 0 Å². The predicted molar refractivity (Wildman–Crippen MR) is 84.9 cm³/mol. The molecule has 1 saturated heterocycles. The molecule has 0 radical (unpaired) electrons. The fourth-order valence-electron chi connectivity index (χ4n) is 3.66. The average Bonchev–Trinajstić information content (AvgIpc) is 3.11. The molecule has 122 valence electrons. The van der Waals surface area contributed by atoms with Crippen LogP contribution in [0.1, 0.15) is 30.7 Å². The van der Waals surface area contributed by atoms with E-state index in [0.29, 0.717) is 17.6 Å². The fourth-order valence-corrected chi connectivity index (χ4v) is 5.71. The van der Waals surface area contributed by atoms with Crippen molar-refractivity contribution in [3.05, 3.63) is 35.7 Å². The summed E-state index contributed by atoms with van der Waals surface area (Å²) in [6.45, 7) is 2.18. The maximum Gasteiger partial charge on any atom is 0.242 e. The van der Waals surface area contributed by atoms with Crippen LogP contribution in [0.15, 0.2) is 28.8 Å². The predicted octanol–water partition coefficient (Wildman–Crippen LogP) is 2.36. The van der Waals surface area contributed by atoms with Gasteiger partial charge in [-0.15, -0.1) is 0 Å². The molecule has 0 spiro atoms. The monoisotopic (exact) mass is 333 g/mol. The Kier molecular flexibility index (Phi) is 3.50. The second kappa shape index (κ2) is 5.42. The van der Waals surface area contributed by atoms with Crippen LogP contribution < -0.4 is 0 Å². The Morgan fingerprint density at radius 1 is 1.35 bits per heavy atom. The summed E-state index contributed by atoms with van der Waals surface area (Å²) in [5.41, 5.74) is 1.99. The summed E-state index contributed by atoms with van der Waals surface area (Å²) in [5, 5.41) is 3.99. The van der Waals surface area contributed by atoms with E-state index in [4.69, 9.17) is 4.52 Å². The minimum absolute atomic E-state index is 0.0908. The Morgan fingerprint density at radius 3 is 3.04 bits per heavy atom. The summed E-state index contributed by atoms with van der Waals surface area (Å²) in [6.07, 6.45) is 2.89. The maximum atomic E-state index is 12.4. The van der Waals surface area contributed by atoms with Gasteiger partial charge in [-0.1, -0.05) is 28.9 Å². The van der Waals surface area contributed by atoms with Gasteiger partial charge in [0.2, 0.25) is 21.7 Å². The number of hydrogen-bond acceptors (Lipinski definition) is 5. The van der Waals surface area contributed by atoms with Crippen LogP contribution in [0, 0.1) is 12.8 Å². The maximum absolute atomic E-state index is 12.4. The standard InChI is InChI=1S/C16H19N3O3S/c1-11-3-2-4-13(7-11)16-17-15(22-18-16)9-19-14-6-5-12(8-14)10-23(19,20)21/h2-4,7,12,14H,5-6,8-10H2,1H3/t12-,14+/m0/s1. The molecule has 1 saturated carbocycles. The number of benzene rings is 1. The quantitative estimate of drug-likeness (QED) is 0.862. The van der Waals surface area contributed by atoms with Crippen molar-refractivity contribution < 1.29 is 12.9 Å². The van der Waals surface area contributed by atoms with Gasteiger partial charge in [0, 0.05) is 11.6 Å². The molecule has 2 heterocycles. The smallest absolute Gasteiger partial charge is 0.242 e. The van der Waals surface area contributed by atoms with Gasteiger partial charge in [0.1, 0.15) is 0 Å². The van der Waals surface area contributed by atoms with E-state index in [2.05, 4.69) is 10.1 Å². The Morgan fingerprint density at radius 2 is 2.22 bits per heavy atom. The van der Waals surface area contributed by atoms with Gasteiger partial charge >= 0.3 is 0 Å². The molecule has 2 fully saturated rings. The number of hydrogen-bond donors (Lipinski definition) is 0. The summed E-state index contributed by atoms with van der Waals surface area (Å²) >= 11 is 0. The van der Waals surface area contributed by atoms with Crippen molar-refractivity contribution in [2.75, 3.05) is 5.75 Å². The molecule has 1 aromatic heterocycles. The highest BCUT2D eigenvalue weighted by Crippen LogP contribution is 2.38. The zero-order valence-corrected chi connectivity index (χ0v) is 13.8. The highest BCUT2D eigenvalue weighted by atomic mass is 32.2. The first-order valence-corrected chi connectivity index (χ1v) is 9.51. The lowest BCUT2D eigenvalue weighted by atomic mass is 10.1. The van der Waals surface area contributed by atoms with Gasteiger partial charge in [0.05, 0.1) is 12.3 Å². The highest BCUT2D eigenvalue weighted by molar-refractivity contribution is 7.89. The molecule has 2 bridgehead atoms. The minimum atomic E-state index is -3.21. The van der Waals surface area contributed by atoms with Crippen molar-refractivity contribution in [1.82, 2.24) is 14.4 Å². The van der Waals surface area contributed by atoms with Crippen LogP contribution in [0.4, 0.5) is 0 Å². The van der Waals surface area contributed by atoms with Crippen LogP contribution in [-0.4, -0.2) is 34.7 Å².